The Bertz CT molecular complexity index is 265. The molecule has 0 aliphatic carbocycles. The van der Waals surface area contributed by atoms with Crippen LogP contribution in [0.25, 0.3) is 0 Å². The zero-order valence-electron chi connectivity index (χ0n) is 9.33. The van der Waals surface area contributed by atoms with E-state index in [0.717, 1.165) is 24.8 Å². The van der Waals surface area contributed by atoms with E-state index in [1.54, 1.807) is 6.26 Å². The van der Waals surface area contributed by atoms with Gasteiger partial charge >= 0.3 is 0 Å². The van der Waals surface area contributed by atoms with Crippen molar-refractivity contribution in [1.82, 2.24) is 10.6 Å². The topological polar surface area (TPSA) is 37.2 Å². The Hall–Kier alpha value is -0.800. The fraction of sp³-hybridized carbons (Fsp3) is 0.667. The molecule has 1 aromatic heterocycles. The largest absolute Gasteiger partial charge is 0.468 e. The summed E-state index contributed by atoms with van der Waals surface area (Å²) < 4.78 is 5.36. The van der Waals surface area contributed by atoms with Crippen LogP contribution >= 0.6 is 0 Å². The van der Waals surface area contributed by atoms with Gasteiger partial charge in [0.1, 0.15) is 5.76 Å². The molecule has 1 fully saturated rings. The van der Waals surface area contributed by atoms with Crippen LogP contribution in [0.1, 0.15) is 31.6 Å². The second-order valence-corrected chi connectivity index (χ2v) is 4.36. The van der Waals surface area contributed by atoms with Gasteiger partial charge in [-0.1, -0.05) is 0 Å². The molecular weight excluding hydrogens is 188 g/mol. The lowest BCUT2D eigenvalue weighted by molar-refractivity contribution is 0.335. The van der Waals surface area contributed by atoms with Gasteiger partial charge in [-0.25, -0.2) is 0 Å². The highest BCUT2D eigenvalue weighted by atomic mass is 16.3. The summed E-state index contributed by atoms with van der Waals surface area (Å²) in [6.07, 6.45) is 4.38. The first kappa shape index (κ1) is 10.7. The Morgan fingerprint density at radius 2 is 2.60 bits per heavy atom. The van der Waals surface area contributed by atoms with Crippen molar-refractivity contribution in [3.05, 3.63) is 24.2 Å². The van der Waals surface area contributed by atoms with E-state index in [-0.39, 0.29) is 0 Å². The van der Waals surface area contributed by atoms with Gasteiger partial charge in [0.2, 0.25) is 0 Å². The van der Waals surface area contributed by atoms with Crippen molar-refractivity contribution < 1.29 is 4.42 Å². The number of nitrogens with one attached hydrogen (secondary N) is 2. The van der Waals surface area contributed by atoms with E-state index in [4.69, 9.17) is 4.42 Å². The Balaban J connectivity index is 1.73. The molecule has 3 nitrogen and oxygen atoms in total. The predicted octanol–water partition coefficient (Wildman–Crippen LogP) is 1.93. The minimum atomic E-state index is 0.321. The molecule has 1 saturated heterocycles. The number of piperidine rings is 1. The second-order valence-electron chi connectivity index (χ2n) is 4.36. The molecule has 0 radical (unpaired) electrons. The molecule has 2 rings (SSSR count). The lowest BCUT2D eigenvalue weighted by Gasteiger charge is -2.24. The molecule has 0 saturated carbocycles. The van der Waals surface area contributed by atoms with Crippen molar-refractivity contribution in [3.63, 3.8) is 0 Å². The van der Waals surface area contributed by atoms with Gasteiger partial charge in [-0.3, -0.25) is 0 Å². The molecule has 0 bridgehead atoms. The zero-order chi connectivity index (χ0) is 10.5. The molecule has 1 aromatic rings. The van der Waals surface area contributed by atoms with Crippen LogP contribution in [0.5, 0.6) is 0 Å². The Morgan fingerprint density at radius 1 is 1.67 bits per heavy atom. The summed E-state index contributed by atoms with van der Waals surface area (Å²) >= 11 is 0. The molecule has 2 atom stereocenters. The van der Waals surface area contributed by atoms with Crippen LogP contribution in [0.15, 0.2) is 22.8 Å². The smallest absolute Gasteiger partial charge is 0.120 e. The fourth-order valence-corrected chi connectivity index (χ4v) is 2.08. The summed E-state index contributed by atoms with van der Waals surface area (Å²) in [5.41, 5.74) is 0. The lowest BCUT2D eigenvalue weighted by Crippen LogP contribution is -2.36. The maximum atomic E-state index is 5.36. The molecule has 1 aliphatic rings. The maximum Gasteiger partial charge on any atom is 0.120 e. The molecular formula is C12H20N2O. The quantitative estimate of drug-likeness (QED) is 0.794. The van der Waals surface area contributed by atoms with Gasteiger partial charge in [-0.2, -0.15) is 0 Å². The van der Waals surface area contributed by atoms with Crippen molar-refractivity contribution in [2.24, 2.45) is 5.92 Å². The first-order valence-electron chi connectivity index (χ1n) is 5.84. The minimum absolute atomic E-state index is 0.321. The summed E-state index contributed by atoms with van der Waals surface area (Å²) in [7, 11) is 0. The van der Waals surface area contributed by atoms with Crippen molar-refractivity contribution in [1.29, 1.82) is 0 Å². The van der Waals surface area contributed by atoms with E-state index in [2.05, 4.69) is 17.6 Å². The standard InChI is InChI=1S/C12H20N2O/c1-10(12-5-3-7-15-12)14-9-11-4-2-6-13-8-11/h3,5,7,10-11,13-14H,2,4,6,8-9H2,1H3/t10-,11-/m1/s1. The lowest BCUT2D eigenvalue weighted by atomic mass is 9.99. The molecule has 0 aromatic carbocycles. The van der Waals surface area contributed by atoms with Gasteiger partial charge in [-0.15, -0.1) is 0 Å². The number of hydrogen-bond acceptors (Lipinski definition) is 3. The fourth-order valence-electron chi connectivity index (χ4n) is 2.08. The SMILES string of the molecule is C[C@@H](NC[C@@H]1CCCNC1)c1ccco1. The summed E-state index contributed by atoms with van der Waals surface area (Å²) in [5, 5.41) is 6.95. The van der Waals surface area contributed by atoms with Crippen LogP contribution in [0.2, 0.25) is 0 Å². The number of rotatable bonds is 4. The van der Waals surface area contributed by atoms with E-state index in [1.807, 2.05) is 12.1 Å². The van der Waals surface area contributed by atoms with Gasteiger partial charge in [0.15, 0.2) is 0 Å². The van der Waals surface area contributed by atoms with Gasteiger partial charge in [0.25, 0.3) is 0 Å². The Labute approximate surface area is 91.2 Å². The molecule has 84 valence electrons. The van der Waals surface area contributed by atoms with Crippen molar-refractivity contribution in [2.45, 2.75) is 25.8 Å². The average Bonchev–Trinajstić information content (AvgIpc) is 2.81. The minimum Gasteiger partial charge on any atom is -0.468 e. The summed E-state index contributed by atoms with van der Waals surface area (Å²) in [5.74, 6) is 1.80. The number of hydrogen-bond donors (Lipinski definition) is 2. The van der Waals surface area contributed by atoms with E-state index >= 15 is 0 Å². The second kappa shape index (κ2) is 5.33. The van der Waals surface area contributed by atoms with Crippen LogP contribution in [0, 0.1) is 5.92 Å². The van der Waals surface area contributed by atoms with Crippen LogP contribution in [-0.2, 0) is 0 Å². The summed E-state index contributed by atoms with van der Waals surface area (Å²) in [6.45, 7) is 5.56. The van der Waals surface area contributed by atoms with E-state index in [0.29, 0.717) is 6.04 Å². The van der Waals surface area contributed by atoms with Crippen molar-refractivity contribution >= 4 is 0 Å². The Kier molecular flexibility index (Phi) is 3.80. The predicted molar refractivity (Wildman–Crippen MR) is 60.7 cm³/mol. The first-order valence-corrected chi connectivity index (χ1v) is 5.84. The molecule has 0 spiro atoms. The maximum absolute atomic E-state index is 5.36. The van der Waals surface area contributed by atoms with E-state index in [1.165, 1.54) is 19.4 Å². The van der Waals surface area contributed by atoms with E-state index < -0.39 is 0 Å². The highest BCUT2D eigenvalue weighted by molar-refractivity contribution is 5.02. The van der Waals surface area contributed by atoms with Gasteiger partial charge in [-0.05, 0) is 57.5 Å². The highest BCUT2D eigenvalue weighted by Gasteiger charge is 2.14. The number of furan rings is 1. The molecule has 0 amide bonds. The highest BCUT2D eigenvalue weighted by Crippen LogP contribution is 2.14. The van der Waals surface area contributed by atoms with Crippen LogP contribution in [0.4, 0.5) is 0 Å². The van der Waals surface area contributed by atoms with Crippen LogP contribution < -0.4 is 10.6 Å². The van der Waals surface area contributed by atoms with E-state index in [9.17, 15) is 0 Å². The molecule has 1 aliphatic heterocycles. The van der Waals surface area contributed by atoms with Gasteiger partial charge < -0.3 is 15.1 Å². The summed E-state index contributed by atoms with van der Waals surface area (Å²) in [6, 6.07) is 4.29. The van der Waals surface area contributed by atoms with Crippen LogP contribution in [-0.4, -0.2) is 19.6 Å². The summed E-state index contributed by atoms with van der Waals surface area (Å²) in [4.78, 5) is 0. The third-order valence-corrected chi connectivity index (χ3v) is 3.08. The third-order valence-electron chi connectivity index (χ3n) is 3.08. The van der Waals surface area contributed by atoms with Crippen LogP contribution in [0.3, 0.4) is 0 Å². The van der Waals surface area contributed by atoms with Gasteiger partial charge in [0.05, 0.1) is 12.3 Å². The normalized spacial score (nSPS) is 23.9. The zero-order valence-corrected chi connectivity index (χ0v) is 9.33. The molecule has 2 N–H and O–H groups in total. The first-order chi connectivity index (χ1) is 7.36. The van der Waals surface area contributed by atoms with Gasteiger partial charge in [0, 0.05) is 0 Å². The monoisotopic (exact) mass is 208 g/mol. The van der Waals surface area contributed by atoms with Crippen molar-refractivity contribution in [3.8, 4) is 0 Å². The Morgan fingerprint density at radius 3 is 3.27 bits per heavy atom. The molecule has 0 unspecified atom stereocenters. The average molecular weight is 208 g/mol. The third kappa shape index (κ3) is 3.08. The van der Waals surface area contributed by atoms with Crippen molar-refractivity contribution in [2.75, 3.05) is 19.6 Å². The molecule has 2 heterocycles. The molecule has 3 heteroatoms. The molecule has 15 heavy (non-hydrogen) atoms.